The average Bonchev–Trinajstić information content (AvgIpc) is 2.67. The molecule has 2 aromatic rings. The molecule has 10 heteroatoms. The van der Waals surface area contributed by atoms with Crippen LogP contribution in [0.5, 0.6) is 5.75 Å². The van der Waals surface area contributed by atoms with Gasteiger partial charge in [-0.05, 0) is 36.8 Å². The number of nitro benzene ring substituents is 1. The smallest absolute Gasteiger partial charge is 0.387 e. The van der Waals surface area contributed by atoms with Gasteiger partial charge < -0.3 is 14.8 Å². The van der Waals surface area contributed by atoms with Gasteiger partial charge in [0.05, 0.1) is 4.92 Å². The molecule has 0 aromatic heterocycles. The van der Waals surface area contributed by atoms with Crippen LogP contribution in [-0.4, -0.2) is 29.5 Å². The molecule has 152 valence electrons. The quantitative estimate of drug-likeness (QED) is 0.309. The summed E-state index contributed by atoms with van der Waals surface area (Å²) in [7, 11) is 0. The zero-order valence-electron chi connectivity index (χ0n) is 15.1. The zero-order chi connectivity index (χ0) is 21.4. The predicted molar refractivity (Wildman–Crippen MR) is 99.4 cm³/mol. The van der Waals surface area contributed by atoms with Gasteiger partial charge in [-0.2, -0.15) is 8.78 Å². The first-order chi connectivity index (χ1) is 13.7. The minimum Gasteiger partial charge on any atom is -0.449 e. The van der Waals surface area contributed by atoms with Crippen LogP contribution in [0.4, 0.5) is 20.2 Å². The van der Waals surface area contributed by atoms with Crippen molar-refractivity contribution in [3.8, 4) is 5.75 Å². The van der Waals surface area contributed by atoms with Crippen molar-refractivity contribution in [1.29, 1.82) is 0 Å². The fourth-order valence-corrected chi connectivity index (χ4v) is 2.13. The summed E-state index contributed by atoms with van der Waals surface area (Å²) >= 11 is 0. The number of amides is 1. The Balaban J connectivity index is 1.89. The number of rotatable bonds is 8. The number of non-ortho nitro benzene ring substituents is 1. The Kier molecular flexibility index (Phi) is 7.35. The molecule has 0 fully saturated rings. The van der Waals surface area contributed by atoms with Crippen LogP contribution in [0.15, 0.2) is 54.6 Å². The van der Waals surface area contributed by atoms with Crippen molar-refractivity contribution >= 4 is 29.3 Å². The molecule has 2 aromatic carbocycles. The molecule has 0 aliphatic carbocycles. The molecule has 0 aliphatic heterocycles. The van der Waals surface area contributed by atoms with E-state index in [-0.39, 0.29) is 17.1 Å². The first-order valence-corrected chi connectivity index (χ1v) is 8.23. The van der Waals surface area contributed by atoms with E-state index in [1.54, 1.807) is 0 Å². The van der Waals surface area contributed by atoms with Crippen LogP contribution in [-0.2, 0) is 14.3 Å². The number of nitrogens with zero attached hydrogens (tertiary/aromatic N) is 1. The third-order valence-corrected chi connectivity index (χ3v) is 3.50. The summed E-state index contributed by atoms with van der Waals surface area (Å²) in [5.74, 6) is -1.49. The van der Waals surface area contributed by atoms with Crippen LogP contribution >= 0.6 is 0 Å². The van der Waals surface area contributed by atoms with Gasteiger partial charge in [0.2, 0.25) is 0 Å². The molecular weight excluding hydrogens is 390 g/mol. The van der Waals surface area contributed by atoms with E-state index in [1.807, 2.05) is 0 Å². The standard InChI is InChI=1S/C19H16F2N2O6/c1-12(18(25)22-14-3-2-4-15(11-14)23(26)27)28-17(24)10-7-13-5-8-16(9-6-13)29-19(20)21/h2-12,19H,1H3,(H,22,25)/b10-7+/t12-/m1/s1. The second kappa shape index (κ2) is 9.93. The van der Waals surface area contributed by atoms with E-state index in [2.05, 4.69) is 10.1 Å². The molecule has 29 heavy (non-hydrogen) atoms. The van der Waals surface area contributed by atoms with Crippen molar-refractivity contribution in [2.75, 3.05) is 5.32 Å². The Morgan fingerprint density at radius 2 is 1.86 bits per heavy atom. The second-order valence-electron chi connectivity index (χ2n) is 5.66. The third kappa shape index (κ3) is 7.01. The topological polar surface area (TPSA) is 108 Å². The van der Waals surface area contributed by atoms with Gasteiger partial charge >= 0.3 is 12.6 Å². The minimum absolute atomic E-state index is 0.0221. The fraction of sp³-hybridized carbons (Fsp3) is 0.158. The predicted octanol–water partition coefficient (Wildman–Crippen LogP) is 3.78. The number of anilines is 1. The van der Waals surface area contributed by atoms with Gasteiger partial charge in [0, 0.05) is 23.9 Å². The van der Waals surface area contributed by atoms with Crippen molar-refractivity contribution in [3.63, 3.8) is 0 Å². The lowest BCUT2D eigenvalue weighted by Crippen LogP contribution is -2.29. The number of carbonyl (C=O) groups is 2. The molecule has 1 atom stereocenters. The first kappa shape index (κ1) is 21.5. The van der Waals surface area contributed by atoms with Crippen molar-refractivity contribution < 1.29 is 32.8 Å². The highest BCUT2D eigenvalue weighted by molar-refractivity contribution is 5.96. The Morgan fingerprint density at radius 1 is 1.17 bits per heavy atom. The number of nitrogens with one attached hydrogen (secondary N) is 1. The van der Waals surface area contributed by atoms with Gasteiger partial charge in [-0.25, -0.2) is 4.79 Å². The summed E-state index contributed by atoms with van der Waals surface area (Å²) in [6, 6.07) is 10.9. The summed E-state index contributed by atoms with van der Waals surface area (Å²) in [5, 5.41) is 13.2. The SMILES string of the molecule is C[C@@H](OC(=O)/C=C/c1ccc(OC(F)F)cc1)C(=O)Nc1cccc([N+](=O)[O-])c1. The van der Waals surface area contributed by atoms with Gasteiger partial charge in [0.1, 0.15) is 5.75 Å². The number of nitro groups is 1. The zero-order valence-corrected chi connectivity index (χ0v) is 15.1. The van der Waals surface area contributed by atoms with Crippen LogP contribution in [0.2, 0.25) is 0 Å². The van der Waals surface area contributed by atoms with Crippen molar-refractivity contribution in [1.82, 2.24) is 0 Å². The summed E-state index contributed by atoms with van der Waals surface area (Å²) in [6.45, 7) is -1.59. The van der Waals surface area contributed by atoms with E-state index >= 15 is 0 Å². The number of hydrogen-bond acceptors (Lipinski definition) is 6. The van der Waals surface area contributed by atoms with E-state index in [0.29, 0.717) is 5.56 Å². The molecule has 0 saturated carbocycles. The number of esters is 1. The number of halogens is 2. The molecule has 2 rings (SSSR count). The second-order valence-corrected chi connectivity index (χ2v) is 5.66. The lowest BCUT2D eigenvalue weighted by atomic mass is 10.2. The van der Waals surface area contributed by atoms with Gasteiger partial charge in [0.15, 0.2) is 6.10 Å². The Bertz CT molecular complexity index is 915. The minimum atomic E-state index is -2.93. The number of alkyl halides is 2. The molecule has 1 amide bonds. The lowest BCUT2D eigenvalue weighted by molar-refractivity contribution is -0.384. The maximum absolute atomic E-state index is 12.1. The fourth-order valence-electron chi connectivity index (χ4n) is 2.13. The molecule has 0 unspecified atom stereocenters. The maximum atomic E-state index is 12.1. The molecule has 8 nitrogen and oxygen atoms in total. The molecule has 0 spiro atoms. The van der Waals surface area contributed by atoms with E-state index in [0.717, 1.165) is 6.08 Å². The van der Waals surface area contributed by atoms with Crippen molar-refractivity contribution in [3.05, 3.63) is 70.3 Å². The normalized spacial score (nSPS) is 11.9. The molecule has 1 N–H and O–H groups in total. The van der Waals surface area contributed by atoms with Crippen molar-refractivity contribution in [2.24, 2.45) is 0 Å². The molecule has 0 saturated heterocycles. The van der Waals surface area contributed by atoms with Gasteiger partial charge in [-0.1, -0.05) is 18.2 Å². The monoisotopic (exact) mass is 406 g/mol. The highest BCUT2D eigenvalue weighted by Crippen LogP contribution is 2.18. The molecule has 0 radical (unpaired) electrons. The number of benzene rings is 2. The summed E-state index contributed by atoms with van der Waals surface area (Å²) < 4.78 is 33.4. The van der Waals surface area contributed by atoms with Crippen molar-refractivity contribution in [2.45, 2.75) is 19.6 Å². The van der Waals surface area contributed by atoms with Crippen LogP contribution < -0.4 is 10.1 Å². The molecule has 0 bridgehead atoms. The number of hydrogen-bond donors (Lipinski definition) is 1. The molecule has 0 heterocycles. The van der Waals surface area contributed by atoms with E-state index in [9.17, 15) is 28.5 Å². The Labute approximate surface area is 163 Å². The van der Waals surface area contributed by atoms with E-state index < -0.39 is 29.5 Å². The van der Waals surface area contributed by atoms with Crippen LogP contribution in [0.3, 0.4) is 0 Å². The lowest BCUT2D eigenvalue weighted by Gasteiger charge is -2.12. The van der Waals surface area contributed by atoms with E-state index in [1.165, 1.54) is 61.5 Å². The van der Waals surface area contributed by atoms with Gasteiger partial charge in [-0.15, -0.1) is 0 Å². The van der Waals surface area contributed by atoms with E-state index in [4.69, 9.17) is 4.74 Å². The summed E-state index contributed by atoms with van der Waals surface area (Å²) in [5.41, 5.74) is 0.520. The van der Waals surface area contributed by atoms with Crippen LogP contribution in [0.1, 0.15) is 12.5 Å². The number of carbonyl (C=O) groups excluding carboxylic acids is 2. The Hall–Kier alpha value is -3.82. The highest BCUT2D eigenvalue weighted by Gasteiger charge is 2.17. The van der Waals surface area contributed by atoms with Gasteiger partial charge in [0.25, 0.3) is 11.6 Å². The van der Waals surface area contributed by atoms with Crippen LogP contribution in [0, 0.1) is 10.1 Å². The third-order valence-electron chi connectivity index (χ3n) is 3.50. The largest absolute Gasteiger partial charge is 0.449 e. The molecule has 0 aliphatic rings. The first-order valence-electron chi connectivity index (χ1n) is 8.23. The summed E-state index contributed by atoms with van der Waals surface area (Å²) in [6.07, 6.45) is 1.29. The highest BCUT2D eigenvalue weighted by atomic mass is 19.3. The average molecular weight is 406 g/mol. The Morgan fingerprint density at radius 3 is 2.48 bits per heavy atom. The maximum Gasteiger partial charge on any atom is 0.387 e. The van der Waals surface area contributed by atoms with Gasteiger partial charge in [-0.3, -0.25) is 14.9 Å². The molecular formula is C19H16F2N2O6. The number of ether oxygens (including phenoxy) is 2. The summed E-state index contributed by atoms with van der Waals surface area (Å²) in [4.78, 5) is 34.1. The van der Waals surface area contributed by atoms with Crippen LogP contribution in [0.25, 0.3) is 6.08 Å².